The molecule has 0 bridgehead atoms. The van der Waals surface area contributed by atoms with Crippen molar-refractivity contribution in [3.8, 4) is 0 Å². The molecule has 176 valence electrons. The lowest BCUT2D eigenvalue weighted by Crippen LogP contribution is -2.37. The van der Waals surface area contributed by atoms with Crippen LogP contribution in [0.1, 0.15) is 24.9 Å². The van der Waals surface area contributed by atoms with Gasteiger partial charge in [0.15, 0.2) is 0 Å². The molecule has 2 saturated carbocycles. The van der Waals surface area contributed by atoms with Gasteiger partial charge in [-0.3, -0.25) is 0 Å². The molecule has 0 amide bonds. The van der Waals surface area contributed by atoms with E-state index in [0.717, 1.165) is 12.0 Å². The molecule has 10 heteroatoms. The van der Waals surface area contributed by atoms with Crippen LogP contribution in [0, 0.1) is 23.1 Å². The summed E-state index contributed by atoms with van der Waals surface area (Å²) in [6, 6.07) is 6.27. The van der Waals surface area contributed by atoms with Crippen LogP contribution in [0.3, 0.4) is 0 Å². The predicted octanol–water partition coefficient (Wildman–Crippen LogP) is 3.10. The van der Waals surface area contributed by atoms with Crippen LogP contribution in [-0.2, 0) is 6.42 Å². The van der Waals surface area contributed by atoms with E-state index in [9.17, 15) is 14.6 Å². The molecule has 3 aromatic heterocycles. The molecular weight excluding hydrogens is 459 g/mol. The highest BCUT2D eigenvalue weighted by Gasteiger charge is 2.73. The SMILES string of the molecule is CC(Cc1cc(F)c2cc(Cl)c(N)nc2c1)C12C[C@@H]1[C@@H](n1ccc3c(N)ncnc31)[C@H](O)[C@@H]2O. The number of nitrogens with zero attached hydrogens (tertiary/aromatic N) is 4. The minimum Gasteiger partial charge on any atom is -0.390 e. The Balaban J connectivity index is 1.32. The first-order chi connectivity index (χ1) is 16.2. The fourth-order valence-corrected chi connectivity index (χ4v) is 6.38. The van der Waals surface area contributed by atoms with Gasteiger partial charge in [0.05, 0.1) is 28.1 Å². The Labute approximate surface area is 199 Å². The molecule has 1 aromatic carbocycles. The van der Waals surface area contributed by atoms with Crippen molar-refractivity contribution in [2.24, 2.45) is 17.3 Å². The molecule has 6 N–H and O–H groups in total. The molecule has 34 heavy (non-hydrogen) atoms. The Kier molecular flexibility index (Phi) is 4.58. The average Bonchev–Trinajstić information content (AvgIpc) is 3.32. The number of hydrogen-bond donors (Lipinski definition) is 4. The Bertz CT molecular complexity index is 1460. The highest BCUT2D eigenvalue weighted by Crippen LogP contribution is 2.71. The number of nitrogen functional groups attached to an aromatic ring is 2. The van der Waals surface area contributed by atoms with Gasteiger partial charge in [-0.25, -0.2) is 19.3 Å². The Morgan fingerprint density at radius 2 is 2.00 bits per heavy atom. The number of benzene rings is 1. The summed E-state index contributed by atoms with van der Waals surface area (Å²) in [5.74, 6) is 0.147. The highest BCUT2D eigenvalue weighted by atomic mass is 35.5. The van der Waals surface area contributed by atoms with Crippen LogP contribution in [0.5, 0.6) is 0 Å². The number of hydrogen-bond acceptors (Lipinski definition) is 7. The quantitative estimate of drug-likeness (QED) is 0.351. The molecule has 4 aromatic rings. The van der Waals surface area contributed by atoms with Crippen molar-refractivity contribution >= 4 is 45.2 Å². The van der Waals surface area contributed by atoms with Crippen molar-refractivity contribution in [3.63, 3.8) is 0 Å². The fourth-order valence-electron chi connectivity index (χ4n) is 6.23. The monoisotopic (exact) mass is 482 g/mol. The molecule has 2 unspecified atom stereocenters. The van der Waals surface area contributed by atoms with Gasteiger partial charge in [0, 0.05) is 17.0 Å². The van der Waals surface area contributed by atoms with Crippen LogP contribution in [0.4, 0.5) is 16.0 Å². The van der Waals surface area contributed by atoms with E-state index in [1.54, 1.807) is 0 Å². The molecule has 6 atom stereocenters. The van der Waals surface area contributed by atoms with Crippen LogP contribution in [0.2, 0.25) is 5.02 Å². The summed E-state index contributed by atoms with van der Waals surface area (Å²) >= 11 is 6.00. The van der Waals surface area contributed by atoms with Gasteiger partial charge in [0.1, 0.15) is 35.5 Å². The van der Waals surface area contributed by atoms with Gasteiger partial charge in [0.25, 0.3) is 0 Å². The van der Waals surface area contributed by atoms with Crippen molar-refractivity contribution in [2.45, 2.75) is 38.0 Å². The van der Waals surface area contributed by atoms with Gasteiger partial charge in [-0.2, -0.15) is 0 Å². The fraction of sp³-hybridized carbons (Fsp3) is 0.375. The predicted molar refractivity (Wildman–Crippen MR) is 128 cm³/mol. The maximum atomic E-state index is 14.8. The summed E-state index contributed by atoms with van der Waals surface area (Å²) in [5.41, 5.74) is 13.1. The van der Waals surface area contributed by atoms with E-state index in [1.165, 1.54) is 18.5 Å². The van der Waals surface area contributed by atoms with Crippen LogP contribution in [-0.4, -0.2) is 41.9 Å². The lowest BCUT2D eigenvalue weighted by molar-refractivity contribution is -0.0299. The summed E-state index contributed by atoms with van der Waals surface area (Å²) in [7, 11) is 0. The third-order valence-corrected chi connectivity index (χ3v) is 8.29. The van der Waals surface area contributed by atoms with Gasteiger partial charge in [0.2, 0.25) is 0 Å². The second-order valence-corrected chi connectivity index (χ2v) is 10.1. The second kappa shape index (κ2) is 7.24. The third kappa shape index (κ3) is 2.87. The lowest BCUT2D eigenvalue weighted by atomic mass is 9.81. The van der Waals surface area contributed by atoms with Crippen molar-refractivity contribution in [1.82, 2.24) is 19.5 Å². The third-order valence-electron chi connectivity index (χ3n) is 7.98. The number of fused-ring (bicyclic) bond motifs is 3. The molecule has 0 aliphatic heterocycles. The van der Waals surface area contributed by atoms with Gasteiger partial charge >= 0.3 is 0 Å². The minimum atomic E-state index is -0.954. The van der Waals surface area contributed by atoms with Crippen molar-refractivity contribution in [1.29, 1.82) is 0 Å². The van der Waals surface area contributed by atoms with Crippen molar-refractivity contribution in [2.75, 3.05) is 11.5 Å². The zero-order chi connectivity index (χ0) is 23.9. The van der Waals surface area contributed by atoms with Gasteiger partial charge < -0.3 is 26.2 Å². The zero-order valence-corrected chi connectivity index (χ0v) is 19.1. The topological polar surface area (TPSA) is 136 Å². The molecule has 2 aliphatic carbocycles. The van der Waals surface area contributed by atoms with E-state index >= 15 is 0 Å². The second-order valence-electron chi connectivity index (χ2n) is 9.67. The number of aromatic nitrogens is 4. The number of aliphatic hydroxyl groups excluding tert-OH is 2. The number of rotatable bonds is 4. The summed E-state index contributed by atoms with van der Waals surface area (Å²) in [5, 5.41) is 23.4. The van der Waals surface area contributed by atoms with E-state index in [0.29, 0.717) is 34.2 Å². The van der Waals surface area contributed by atoms with E-state index in [1.807, 2.05) is 29.8 Å². The Morgan fingerprint density at radius 1 is 1.21 bits per heavy atom. The zero-order valence-electron chi connectivity index (χ0n) is 18.4. The summed E-state index contributed by atoms with van der Waals surface area (Å²) in [6.07, 6.45) is 2.66. The molecule has 2 fully saturated rings. The minimum absolute atomic E-state index is 0.0184. The Morgan fingerprint density at radius 3 is 2.79 bits per heavy atom. The average molecular weight is 483 g/mol. The number of aliphatic hydroxyl groups is 2. The molecule has 0 spiro atoms. The van der Waals surface area contributed by atoms with Crippen LogP contribution in [0.25, 0.3) is 21.9 Å². The van der Waals surface area contributed by atoms with Crippen LogP contribution in [0.15, 0.2) is 36.8 Å². The molecule has 3 heterocycles. The first-order valence-electron chi connectivity index (χ1n) is 11.2. The number of halogens is 2. The van der Waals surface area contributed by atoms with Crippen molar-refractivity contribution < 1.29 is 14.6 Å². The van der Waals surface area contributed by atoms with E-state index < -0.39 is 23.4 Å². The lowest BCUT2D eigenvalue weighted by Gasteiger charge is -2.28. The summed E-state index contributed by atoms with van der Waals surface area (Å²) in [4.78, 5) is 12.6. The standard InChI is InChI=1S/C24H24ClFN6O2/c1-10(4-11-5-16(26)13-7-15(25)22(28)31-17(13)6-11)24-8-14(24)18(19(33)20(24)34)32-3-2-12-21(27)29-9-30-23(12)32/h2-3,5-7,9-10,14,18-20,33-34H,4,8H2,1H3,(H2,28,31)(H2,27,29,30)/t10?,14-,18-,19+,20+,24?/m1/s1. The molecule has 0 saturated heterocycles. The summed E-state index contributed by atoms with van der Waals surface area (Å²) in [6.45, 7) is 2.04. The Hall–Kier alpha value is -3.01. The smallest absolute Gasteiger partial charge is 0.145 e. The maximum Gasteiger partial charge on any atom is 0.145 e. The van der Waals surface area contributed by atoms with Crippen molar-refractivity contribution in [3.05, 3.63) is 53.2 Å². The highest BCUT2D eigenvalue weighted by molar-refractivity contribution is 6.33. The maximum absolute atomic E-state index is 14.8. The number of pyridine rings is 1. The normalized spacial score (nSPS) is 29.0. The first kappa shape index (κ1) is 21.5. The van der Waals surface area contributed by atoms with Gasteiger partial charge in [-0.15, -0.1) is 0 Å². The first-order valence-corrected chi connectivity index (χ1v) is 11.6. The van der Waals surface area contributed by atoms with E-state index in [4.69, 9.17) is 23.1 Å². The van der Waals surface area contributed by atoms with Gasteiger partial charge in [-0.05, 0) is 54.5 Å². The van der Waals surface area contributed by atoms with Gasteiger partial charge in [-0.1, -0.05) is 18.5 Å². The van der Waals surface area contributed by atoms with E-state index in [-0.39, 0.29) is 28.7 Å². The molecular formula is C24H24ClFN6O2. The van der Waals surface area contributed by atoms with Crippen LogP contribution < -0.4 is 11.5 Å². The molecule has 2 aliphatic rings. The molecule has 6 rings (SSSR count). The molecule has 0 radical (unpaired) electrons. The summed E-state index contributed by atoms with van der Waals surface area (Å²) < 4.78 is 16.7. The van der Waals surface area contributed by atoms with E-state index in [2.05, 4.69) is 15.0 Å². The van der Waals surface area contributed by atoms with Crippen LogP contribution >= 0.6 is 11.6 Å². The number of nitrogens with two attached hydrogens (primary N) is 2. The number of anilines is 2. The largest absolute Gasteiger partial charge is 0.390 e. The molecule has 8 nitrogen and oxygen atoms in total.